The summed E-state index contributed by atoms with van der Waals surface area (Å²) < 4.78 is 3.82. The van der Waals surface area contributed by atoms with E-state index in [0.717, 1.165) is 16.4 Å². The molecule has 15 nitrogen and oxygen atoms in total. The molecule has 0 aromatic carbocycles. The molecule has 2 aliphatic rings. The van der Waals surface area contributed by atoms with Gasteiger partial charge in [0.05, 0.1) is 0 Å². The maximum Gasteiger partial charge on any atom is 0.352 e. The standard InChI is InChI=1S/C19H20N10O5S4/c20-2-4-36-19-23-8(21)5-9(24-19)35-3-1-7-6-37-16-11(15(31)29(16)12(7)17(32)33)25-14(30)10(27-34)13-26-18(22)38-28-13/h1,3,5,11,16,34H,2,4,6,20H2,(H,25,30)(H,32,33)(H2,21,23,24)(H2,22,26,28)/b3-1+,27-10?/t11-,16-/m1/s1. The number of rotatable bonds is 10. The van der Waals surface area contributed by atoms with E-state index < -0.39 is 34.9 Å². The second-order valence-corrected chi connectivity index (χ2v) is 11.3. The molecule has 4 heterocycles. The Balaban J connectivity index is 1.46. The van der Waals surface area contributed by atoms with E-state index in [4.69, 9.17) is 17.2 Å². The molecule has 1 saturated heterocycles. The number of carbonyl (C=O) groups is 3. The Labute approximate surface area is 231 Å². The molecular weight excluding hydrogens is 577 g/mol. The Morgan fingerprint density at radius 1 is 1.32 bits per heavy atom. The number of nitrogen functional groups attached to an aromatic ring is 2. The number of fused-ring (bicyclic) bond motifs is 1. The first-order chi connectivity index (χ1) is 18.2. The van der Waals surface area contributed by atoms with Gasteiger partial charge in [-0.15, -0.1) is 11.8 Å². The summed E-state index contributed by atoms with van der Waals surface area (Å²) in [6, 6.07) is 0.550. The number of anilines is 2. The molecule has 200 valence electrons. The molecule has 0 radical (unpaired) electrons. The van der Waals surface area contributed by atoms with Crippen molar-refractivity contribution in [2.45, 2.75) is 21.6 Å². The average molecular weight is 597 g/mol. The largest absolute Gasteiger partial charge is 0.477 e. The Morgan fingerprint density at radius 3 is 2.76 bits per heavy atom. The van der Waals surface area contributed by atoms with E-state index in [2.05, 4.69) is 29.8 Å². The van der Waals surface area contributed by atoms with Gasteiger partial charge < -0.3 is 32.8 Å². The van der Waals surface area contributed by atoms with E-state index in [1.165, 1.54) is 35.3 Å². The summed E-state index contributed by atoms with van der Waals surface area (Å²) in [5.41, 5.74) is 16.6. The summed E-state index contributed by atoms with van der Waals surface area (Å²) in [6.07, 6.45) is 1.59. The van der Waals surface area contributed by atoms with Gasteiger partial charge in [0.15, 0.2) is 10.3 Å². The maximum atomic E-state index is 12.9. The molecule has 0 aliphatic carbocycles. The number of carboxylic acid groups (broad SMARTS) is 1. The van der Waals surface area contributed by atoms with Gasteiger partial charge in [-0.05, 0) is 17.1 Å². The number of amides is 2. The van der Waals surface area contributed by atoms with Gasteiger partial charge in [-0.3, -0.25) is 14.5 Å². The number of carbonyl (C=O) groups excluding carboxylic acids is 2. The first-order valence-corrected chi connectivity index (χ1v) is 14.3. The summed E-state index contributed by atoms with van der Waals surface area (Å²) in [5.74, 6) is -1.83. The lowest BCUT2D eigenvalue weighted by Crippen LogP contribution is -2.71. The minimum absolute atomic E-state index is 0.0618. The topological polar surface area (TPSA) is 249 Å². The van der Waals surface area contributed by atoms with Crippen molar-refractivity contribution in [2.24, 2.45) is 10.9 Å². The highest BCUT2D eigenvalue weighted by Gasteiger charge is 2.54. The SMILES string of the molecule is NCCSc1nc(N)cc(S/C=C/C2=C(C(=O)O)N3C(=O)[C@@H](NC(=O)C(=NO)c4nsc(N)n4)[C@H]3SC2)n1. The fourth-order valence-corrected chi connectivity index (χ4v) is 6.53. The molecule has 0 saturated carbocycles. The second-order valence-electron chi connectivity index (χ2n) is 7.42. The number of nitrogens with two attached hydrogens (primary N) is 3. The number of allylic oxidation sites excluding steroid dienone is 1. The number of oxime groups is 1. The van der Waals surface area contributed by atoms with Gasteiger partial charge in [-0.1, -0.05) is 28.7 Å². The van der Waals surface area contributed by atoms with Crippen molar-refractivity contribution in [3.63, 3.8) is 0 Å². The highest BCUT2D eigenvalue weighted by Crippen LogP contribution is 2.41. The first kappa shape index (κ1) is 27.6. The van der Waals surface area contributed by atoms with Crippen molar-refractivity contribution in [3.05, 3.63) is 34.6 Å². The monoisotopic (exact) mass is 596 g/mol. The molecule has 0 unspecified atom stereocenters. The van der Waals surface area contributed by atoms with Gasteiger partial charge in [-0.2, -0.15) is 9.36 Å². The van der Waals surface area contributed by atoms with Crippen LogP contribution in [0.15, 0.2) is 44.2 Å². The summed E-state index contributed by atoms with van der Waals surface area (Å²) in [5, 5.41) is 26.5. The van der Waals surface area contributed by atoms with Crippen LogP contribution in [0.1, 0.15) is 5.82 Å². The van der Waals surface area contributed by atoms with Gasteiger partial charge in [0.25, 0.3) is 11.8 Å². The fourth-order valence-electron chi connectivity index (χ4n) is 3.39. The van der Waals surface area contributed by atoms with Gasteiger partial charge in [0.2, 0.25) is 11.5 Å². The number of β-lactam (4-membered cyclic amide) rings is 1. The lowest BCUT2D eigenvalue weighted by Gasteiger charge is -2.49. The van der Waals surface area contributed by atoms with Crippen LogP contribution in [-0.2, 0) is 14.4 Å². The summed E-state index contributed by atoms with van der Waals surface area (Å²) >= 11 is 4.66. The van der Waals surface area contributed by atoms with E-state index in [1.807, 2.05) is 0 Å². The normalized spacial score (nSPS) is 19.4. The zero-order valence-electron chi connectivity index (χ0n) is 19.2. The highest BCUT2D eigenvalue weighted by atomic mass is 32.2. The smallest absolute Gasteiger partial charge is 0.352 e. The molecule has 4 rings (SSSR count). The zero-order chi connectivity index (χ0) is 27.4. The van der Waals surface area contributed by atoms with E-state index >= 15 is 0 Å². The predicted molar refractivity (Wildman–Crippen MR) is 144 cm³/mol. The molecule has 2 aromatic rings. The van der Waals surface area contributed by atoms with Crippen LogP contribution in [0.5, 0.6) is 0 Å². The van der Waals surface area contributed by atoms with Crippen LogP contribution in [-0.4, -0.2) is 87.5 Å². The number of hydrogen-bond acceptors (Lipinski definition) is 16. The number of nitrogens with one attached hydrogen (secondary N) is 1. The lowest BCUT2D eigenvalue weighted by molar-refractivity contribution is -0.150. The summed E-state index contributed by atoms with van der Waals surface area (Å²) in [7, 11) is 0. The summed E-state index contributed by atoms with van der Waals surface area (Å²) in [6.45, 7) is 0.462. The number of nitrogens with zero attached hydrogens (tertiary/aromatic N) is 6. The third-order valence-corrected chi connectivity index (χ3v) is 8.41. The van der Waals surface area contributed by atoms with Crippen molar-refractivity contribution in [3.8, 4) is 0 Å². The van der Waals surface area contributed by atoms with Crippen LogP contribution >= 0.6 is 46.8 Å². The average Bonchev–Trinajstić information content (AvgIpc) is 3.31. The molecule has 1 fully saturated rings. The van der Waals surface area contributed by atoms with E-state index in [0.29, 0.717) is 33.9 Å². The van der Waals surface area contributed by atoms with Crippen molar-refractivity contribution in [2.75, 3.05) is 29.5 Å². The molecule has 2 atom stereocenters. The Morgan fingerprint density at radius 2 is 2.11 bits per heavy atom. The van der Waals surface area contributed by atoms with Crippen LogP contribution < -0.4 is 22.5 Å². The van der Waals surface area contributed by atoms with Gasteiger partial charge in [0.1, 0.15) is 28.0 Å². The molecule has 19 heteroatoms. The molecule has 2 aromatic heterocycles. The molecule has 0 bridgehead atoms. The lowest BCUT2D eigenvalue weighted by atomic mass is 10.0. The van der Waals surface area contributed by atoms with Crippen molar-refractivity contribution in [1.82, 2.24) is 29.5 Å². The quantitative estimate of drug-likeness (QED) is 0.0394. The van der Waals surface area contributed by atoms with Gasteiger partial charge in [0, 0.05) is 35.6 Å². The van der Waals surface area contributed by atoms with Crippen LogP contribution in [0.4, 0.5) is 10.9 Å². The number of carboxylic acids is 1. The molecular formula is C19H20N10O5S4. The zero-order valence-corrected chi connectivity index (χ0v) is 22.4. The van der Waals surface area contributed by atoms with Crippen LogP contribution in [0.2, 0.25) is 0 Å². The molecule has 0 spiro atoms. The van der Waals surface area contributed by atoms with Crippen molar-refractivity contribution < 1.29 is 24.7 Å². The minimum Gasteiger partial charge on any atom is -0.477 e. The number of aromatic nitrogens is 4. The maximum absolute atomic E-state index is 12.9. The summed E-state index contributed by atoms with van der Waals surface area (Å²) in [4.78, 5) is 51.0. The predicted octanol–water partition coefficient (Wildman–Crippen LogP) is -0.234. The first-order valence-electron chi connectivity index (χ1n) is 10.6. The van der Waals surface area contributed by atoms with Gasteiger partial charge >= 0.3 is 5.97 Å². The molecule has 38 heavy (non-hydrogen) atoms. The highest BCUT2D eigenvalue weighted by molar-refractivity contribution is 8.02. The third-order valence-electron chi connectivity index (χ3n) is 4.96. The Bertz CT molecular complexity index is 1360. The van der Waals surface area contributed by atoms with E-state index in [9.17, 15) is 24.7 Å². The number of hydrogen-bond donors (Lipinski definition) is 6. The van der Waals surface area contributed by atoms with Crippen LogP contribution in [0, 0.1) is 0 Å². The van der Waals surface area contributed by atoms with E-state index in [1.54, 1.807) is 17.6 Å². The van der Waals surface area contributed by atoms with Crippen LogP contribution in [0.3, 0.4) is 0 Å². The Hall–Kier alpha value is -3.39. The van der Waals surface area contributed by atoms with Crippen LogP contribution in [0.25, 0.3) is 0 Å². The number of aliphatic carboxylic acids is 1. The Kier molecular flexibility index (Phi) is 8.72. The van der Waals surface area contributed by atoms with Crippen molar-refractivity contribution >= 4 is 81.3 Å². The van der Waals surface area contributed by atoms with Crippen molar-refractivity contribution in [1.29, 1.82) is 0 Å². The molecule has 2 aliphatic heterocycles. The number of thioether (sulfide) groups is 3. The molecule has 2 amide bonds. The minimum atomic E-state index is -1.29. The third kappa shape index (κ3) is 5.85. The fraction of sp³-hybridized carbons (Fsp3) is 0.263. The van der Waals surface area contributed by atoms with E-state index in [-0.39, 0.29) is 22.4 Å². The molecule has 9 N–H and O–H groups in total. The second kappa shape index (κ2) is 12.0. The van der Waals surface area contributed by atoms with Gasteiger partial charge in [-0.25, -0.2) is 14.8 Å².